The molecule has 0 amide bonds. The molecule has 6 heteroatoms. The third-order valence-electron chi connectivity index (χ3n) is 4.27. The van der Waals surface area contributed by atoms with Gasteiger partial charge in [-0.3, -0.25) is 0 Å². The maximum absolute atomic E-state index is 4.52. The van der Waals surface area contributed by atoms with Gasteiger partial charge in [-0.2, -0.15) is 5.10 Å². The third-order valence-corrected chi connectivity index (χ3v) is 5.30. The molecule has 0 saturated carbocycles. The highest BCUT2D eigenvalue weighted by molar-refractivity contribution is 7.15. The van der Waals surface area contributed by atoms with Gasteiger partial charge in [0.05, 0.1) is 11.4 Å². The van der Waals surface area contributed by atoms with E-state index in [0.29, 0.717) is 5.92 Å². The molecule has 3 rings (SSSR count). The maximum atomic E-state index is 4.52. The molecule has 0 unspecified atom stereocenters. The number of nitrogens with zero attached hydrogens (tertiary/aromatic N) is 4. The summed E-state index contributed by atoms with van der Waals surface area (Å²) >= 11 is 1.73. The zero-order valence-electron chi connectivity index (χ0n) is 14.6. The monoisotopic (exact) mass is 331 g/mol. The van der Waals surface area contributed by atoms with E-state index in [0.717, 1.165) is 42.0 Å². The summed E-state index contributed by atoms with van der Waals surface area (Å²) in [5.41, 5.74) is 2.22. The number of thiazole rings is 1. The van der Waals surface area contributed by atoms with Crippen molar-refractivity contribution in [1.82, 2.24) is 15.2 Å². The van der Waals surface area contributed by atoms with Gasteiger partial charge in [-0.25, -0.2) is 4.98 Å². The van der Waals surface area contributed by atoms with Crippen molar-refractivity contribution in [1.29, 1.82) is 0 Å². The highest BCUT2D eigenvalue weighted by Crippen LogP contribution is 2.26. The summed E-state index contributed by atoms with van der Waals surface area (Å²) < 4.78 is 0. The molecule has 1 N–H and O–H groups in total. The van der Waals surface area contributed by atoms with Gasteiger partial charge in [-0.1, -0.05) is 20.8 Å². The van der Waals surface area contributed by atoms with Gasteiger partial charge in [-0.05, 0) is 26.0 Å². The first-order valence-corrected chi connectivity index (χ1v) is 8.91. The molecule has 1 aliphatic heterocycles. The lowest BCUT2D eigenvalue weighted by Gasteiger charge is -2.40. The fraction of sp³-hybridized carbons (Fsp3) is 0.588. The summed E-state index contributed by atoms with van der Waals surface area (Å²) in [7, 11) is 0. The largest absolute Gasteiger partial charge is 0.361 e. The Bertz CT molecular complexity index is 646. The SMILES string of the molecule is Cc1nc(NCC2CN(c3ccc(C(C)(C)C)nn3)C2)sc1C. The first-order chi connectivity index (χ1) is 10.8. The maximum Gasteiger partial charge on any atom is 0.183 e. The molecule has 2 aromatic rings. The van der Waals surface area contributed by atoms with Gasteiger partial charge in [0.15, 0.2) is 10.9 Å². The summed E-state index contributed by atoms with van der Waals surface area (Å²) in [5.74, 6) is 1.62. The minimum Gasteiger partial charge on any atom is -0.361 e. The number of nitrogens with one attached hydrogen (secondary N) is 1. The minimum absolute atomic E-state index is 0.0525. The molecule has 124 valence electrons. The first-order valence-electron chi connectivity index (χ1n) is 8.10. The molecule has 0 spiro atoms. The second kappa shape index (κ2) is 6.07. The highest BCUT2D eigenvalue weighted by Gasteiger charge is 2.28. The van der Waals surface area contributed by atoms with Crippen LogP contribution < -0.4 is 10.2 Å². The van der Waals surface area contributed by atoms with E-state index >= 15 is 0 Å². The van der Waals surface area contributed by atoms with Crippen molar-refractivity contribution in [2.45, 2.75) is 40.0 Å². The van der Waals surface area contributed by atoms with Crippen LogP contribution in [0.25, 0.3) is 0 Å². The normalized spacial score (nSPS) is 15.6. The molecule has 3 heterocycles. The molecule has 1 fully saturated rings. The predicted octanol–water partition coefficient (Wildman–Crippen LogP) is 3.40. The van der Waals surface area contributed by atoms with Crippen LogP contribution in [0.5, 0.6) is 0 Å². The van der Waals surface area contributed by atoms with Crippen LogP contribution in [0, 0.1) is 19.8 Å². The van der Waals surface area contributed by atoms with E-state index in [1.807, 2.05) is 0 Å². The second-order valence-corrected chi connectivity index (χ2v) is 8.54. The van der Waals surface area contributed by atoms with Crippen LogP contribution in [0.4, 0.5) is 10.9 Å². The van der Waals surface area contributed by atoms with Crippen molar-refractivity contribution in [3.05, 3.63) is 28.4 Å². The van der Waals surface area contributed by atoms with Gasteiger partial charge in [0.1, 0.15) is 0 Å². The number of aryl methyl sites for hydroxylation is 2. The lowest BCUT2D eigenvalue weighted by Crippen LogP contribution is -2.50. The quantitative estimate of drug-likeness (QED) is 0.930. The van der Waals surface area contributed by atoms with Gasteiger partial charge in [0, 0.05) is 35.8 Å². The van der Waals surface area contributed by atoms with Crippen LogP contribution in [0.1, 0.15) is 37.0 Å². The van der Waals surface area contributed by atoms with Crippen molar-refractivity contribution in [3.63, 3.8) is 0 Å². The lowest BCUT2D eigenvalue weighted by atomic mass is 9.92. The van der Waals surface area contributed by atoms with Gasteiger partial charge in [0.2, 0.25) is 0 Å². The Morgan fingerprint density at radius 3 is 2.48 bits per heavy atom. The van der Waals surface area contributed by atoms with Crippen LogP contribution >= 0.6 is 11.3 Å². The molecule has 0 atom stereocenters. The summed E-state index contributed by atoms with van der Waals surface area (Å²) in [5, 5.41) is 13.2. The Morgan fingerprint density at radius 2 is 1.96 bits per heavy atom. The van der Waals surface area contributed by atoms with E-state index in [9.17, 15) is 0 Å². The van der Waals surface area contributed by atoms with E-state index in [1.54, 1.807) is 11.3 Å². The van der Waals surface area contributed by atoms with Gasteiger partial charge in [-0.15, -0.1) is 16.4 Å². The molecule has 0 aliphatic carbocycles. The van der Waals surface area contributed by atoms with Crippen molar-refractivity contribution < 1.29 is 0 Å². The Labute approximate surface area is 142 Å². The fourth-order valence-corrected chi connectivity index (χ4v) is 3.38. The average molecular weight is 331 g/mol. The van der Waals surface area contributed by atoms with E-state index in [2.05, 4.69) is 72.1 Å². The summed E-state index contributed by atoms with van der Waals surface area (Å²) in [6, 6.07) is 4.18. The average Bonchev–Trinajstić information content (AvgIpc) is 2.75. The minimum atomic E-state index is 0.0525. The van der Waals surface area contributed by atoms with Crippen molar-refractivity contribution in [2.24, 2.45) is 5.92 Å². The number of hydrogen-bond donors (Lipinski definition) is 1. The first kappa shape index (κ1) is 16.2. The summed E-state index contributed by atoms with van der Waals surface area (Å²) in [6.07, 6.45) is 0. The number of anilines is 2. The molecule has 0 bridgehead atoms. The van der Waals surface area contributed by atoms with E-state index in [-0.39, 0.29) is 5.41 Å². The zero-order valence-corrected chi connectivity index (χ0v) is 15.4. The van der Waals surface area contributed by atoms with Crippen LogP contribution in [0.15, 0.2) is 12.1 Å². The van der Waals surface area contributed by atoms with Crippen molar-refractivity contribution >= 4 is 22.3 Å². The smallest absolute Gasteiger partial charge is 0.183 e. The van der Waals surface area contributed by atoms with Gasteiger partial charge < -0.3 is 10.2 Å². The second-order valence-electron chi connectivity index (χ2n) is 7.34. The number of hydrogen-bond acceptors (Lipinski definition) is 6. The van der Waals surface area contributed by atoms with Crippen molar-refractivity contribution in [2.75, 3.05) is 29.9 Å². The Kier molecular flexibility index (Phi) is 4.27. The number of aromatic nitrogens is 3. The van der Waals surface area contributed by atoms with E-state index < -0.39 is 0 Å². The van der Waals surface area contributed by atoms with Crippen LogP contribution in [-0.2, 0) is 5.41 Å². The molecule has 5 nitrogen and oxygen atoms in total. The van der Waals surface area contributed by atoms with E-state index in [4.69, 9.17) is 0 Å². The molecule has 1 aliphatic rings. The van der Waals surface area contributed by atoms with Crippen LogP contribution in [0.2, 0.25) is 0 Å². The molecular formula is C17H25N5S. The molecule has 23 heavy (non-hydrogen) atoms. The lowest BCUT2D eigenvalue weighted by molar-refractivity contribution is 0.424. The van der Waals surface area contributed by atoms with E-state index in [1.165, 1.54) is 4.88 Å². The van der Waals surface area contributed by atoms with Gasteiger partial charge >= 0.3 is 0 Å². The standard InChI is InChI=1S/C17H25N5S/c1-11-12(2)23-16(19-11)18-8-13-9-22(10-13)15-7-6-14(20-21-15)17(3,4)5/h6-7,13H,8-10H2,1-5H3,(H,18,19). The highest BCUT2D eigenvalue weighted by atomic mass is 32.1. The van der Waals surface area contributed by atoms with Crippen molar-refractivity contribution in [3.8, 4) is 0 Å². The number of rotatable bonds is 4. The Balaban J connectivity index is 1.49. The molecule has 0 aromatic carbocycles. The topological polar surface area (TPSA) is 53.9 Å². The summed E-state index contributed by atoms with van der Waals surface area (Å²) in [6.45, 7) is 13.7. The molecule has 0 radical (unpaired) electrons. The Hall–Kier alpha value is -1.69. The molecule has 1 saturated heterocycles. The molecular weight excluding hydrogens is 306 g/mol. The Morgan fingerprint density at radius 1 is 1.22 bits per heavy atom. The van der Waals surface area contributed by atoms with Crippen LogP contribution in [-0.4, -0.2) is 34.8 Å². The molecule has 2 aromatic heterocycles. The van der Waals surface area contributed by atoms with Gasteiger partial charge in [0.25, 0.3) is 0 Å². The predicted molar refractivity (Wildman–Crippen MR) is 96.5 cm³/mol. The van der Waals surface area contributed by atoms with Crippen LogP contribution in [0.3, 0.4) is 0 Å². The zero-order chi connectivity index (χ0) is 16.6. The fourth-order valence-electron chi connectivity index (χ4n) is 2.56. The summed E-state index contributed by atoms with van der Waals surface area (Å²) in [4.78, 5) is 8.09. The third kappa shape index (κ3) is 3.63.